The molecule has 0 atom stereocenters. The number of carbonyl (C=O) groups excluding carboxylic acids is 1. The maximum atomic E-state index is 12.0. The first-order valence-electron chi connectivity index (χ1n) is 5.70. The molecule has 0 bridgehead atoms. The summed E-state index contributed by atoms with van der Waals surface area (Å²) < 4.78 is 0. The van der Waals surface area contributed by atoms with Crippen molar-refractivity contribution in [2.45, 2.75) is 6.92 Å². The average Bonchev–Trinajstić information content (AvgIpc) is 2.40. The number of hydrogen-bond donors (Lipinski definition) is 2. The van der Waals surface area contributed by atoms with Gasteiger partial charge in [0.15, 0.2) is 5.69 Å². The van der Waals surface area contributed by atoms with Gasteiger partial charge in [-0.05, 0) is 25.1 Å². The van der Waals surface area contributed by atoms with E-state index in [-0.39, 0.29) is 22.8 Å². The summed E-state index contributed by atoms with van der Waals surface area (Å²) in [4.78, 5) is 26.2. The van der Waals surface area contributed by atoms with E-state index in [1.807, 2.05) is 0 Å². The molecule has 0 spiro atoms. The van der Waals surface area contributed by atoms with Crippen molar-refractivity contribution in [2.24, 2.45) is 0 Å². The molecule has 2 rings (SSSR count). The number of nitrogens with zero attached hydrogens (tertiary/aromatic N) is 2. The van der Waals surface area contributed by atoms with Crippen LogP contribution in [0.4, 0.5) is 11.4 Å². The summed E-state index contributed by atoms with van der Waals surface area (Å²) in [6.07, 6.45) is 0. The molecule has 0 fully saturated rings. The summed E-state index contributed by atoms with van der Waals surface area (Å²) in [5, 5.41) is 22.8. The molecule has 1 aromatic heterocycles. The van der Waals surface area contributed by atoms with Gasteiger partial charge >= 0.3 is 0 Å². The van der Waals surface area contributed by atoms with Gasteiger partial charge in [-0.15, -0.1) is 0 Å². The number of phenolic OH excluding ortho intramolecular Hbond substituents is 1. The zero-order valence-corrected chi connectivity index (χ0v) is 10.5. The van der Waals surface area contributed by atoms with E-state index < -0.39 is 10.8 Å². The Labute approximate surface area is 114 Å². The number of anilines is 1. The third kappa shape index (κ3) is 2.72. The van der Waals surface area contributed by atoms with Crippen LogP contribution < -0.4 is 5.32 Å². The summed E-state index contributed by atoms with van der Waals surface area (Å²) in [5.74, 6) is -1.00. The first-order valence-corrected chi connectivity index (χ1v) is 5.70. The second kappa shape index (κ2) is 5.35. The Morgan fingerprint density at radius 1 is 1.30 bits per heavy atom. The number of phenols is 1. The first kappa shape index (κ1) is 13.5. The van der Waals surface area contributed by atoms with Crippen LogP contribution in [0.2, 0.25) is 0 Å². The summed E-state index contributed by atoms with van der Waals surface area (Å²) in [6.45, 7) is 1.72. The number of nitro benzene ring substituents is 1. The van der Waals surface area contributed by atoms with Crippen molar-refractivity contribution in [3.8, 4) is 5.75 Å². The lowest BCUT2D eigenvalue weighted by Crippen LogP contribution is -2.15. The van der Waals surface area contributed by atoms with Crippen molar-refractivity contribution in [3.63, 3.8) is 0 Å². The summed E-state index contributed by atoms with van der Waals surface area (Å²) >= 11 is 0. The lowest BCUT2D eigenvalue weighted by atomic mass is 10.2. The predicted molar refractivity (Wildman–Crippen MR) is 71.7 cm³/mol. The fraction of sp³-hybridized carbons (Fsp3) is 0.0769. The van der Waals surface area contributed by atoms with Gasteiger partial charge in [-0.1, -0.05) is 12.1 Å². The number of aryl methyl sites for hydroxylation is 1. The Balaban J connectivity index is 2.35. The molecule has 2 N–H and O–H groups in total. The number of aromatic hydroxyl groups is 1. The number of hydrogen-bond acceptors (Lipinski definition) is 5. The van der Waals surface area contributed by atoms with Crippen molar-refractivity contribution >= 4 is 17.3 Å². The minimum atomic E-state index is -0.682. The molecule has 102 valence electrons. The highest BCUT2D eigenvalue weighted by molar-refractivity contribution is 6.05. The number of aromatic nitrogens is 1. The van der Waals surface area contributed by atoms with Gasteiger partial charge in [-0.2, -0.15) is 0 Å². The predicted octanol–water partition coefficient (Wildman–Crippen LogP) is 2.26. The number of benzene rings is 1. The molecule has 0 saturated heterocycles. The minimum absolute atomic E-state index is 0.113. The molecule has 0 saturated carbocycles. The molecule has 0 aliphatic carbocycles. The Morgan fingerprint density at radius 2 is 2.00 bits per heavy atom. The Hall–Kier alpha value is -2.96. The fourth-order valence-corrected chi connectivity index (χ4v) is 1.66. The third-order valence-electron chi connectivity index (χ3n) is 2.58. The molecule has 1 amide bonds. The standard InChI is InChI=1S/C13H11N3O4/c1-8-4-2-5-9(14-8)13(18)15-12-10(16(19)20)6-3-7-11(12)17/h2-7,17H,1H3,(H,15,18). The van der Waals surface area contributed by atoms with E-state index in [9.17, 15) is 20.0 Å². The summed E-state index contributed by atoms with van der Waals surface area (Å²) in [6, 6.07) is 8.63. The van der Waals surface area contributed by atoms with Crippen LogP contribution in [0.25, 0.3) is 0 Å². The maximum absolute atomic E-state index is 12.0. The largest absolute Gasteiger partial charge is 0.505 e. The number of nitro groups is 1. The SMILES string of the molecule is Cc1cccc(C(=O)Nc2c(O)cccc2[N+](=O)[O-])n1. The van der Waals surface area contributed by atoms with Crippen LogP contribution >= 0.6 is 0 Å². The van der Waals surface area contributed by atoms with Gasteiger partial charge in [0, 0.05) is 11.8 Å². The lowest BCUT2D eigenvalue weighted by Gasteiger charge is -2.07. The lowest BCUT2D eigenvalue weighted by molar-refractivity contribution is -0.384. The Morgan fingerprint density at radius 3 is 2.65 bits per heavy atom. The molecule has 0 aliphatic rings. The van der Waals surface area contributed by atoms with Crippen molar-refractivity contribution in [3.05, 3.63) is 57.9 Å². The molecule has 2 aromatic rings. The van der Waals surface area contributed by atoms with Gasteiger partial charge < -0.3 is 10.4 Å². The monoisotopic (exact) mass is 273 g/mol. The van der Waals surface area contributed by atoms with E-state index in [0.717, 1.165) is 0 Å². The summed E-state index contributed by atoms with van der Waals surface area (Å²) in [7, 11) is 0. The average molecular weight is 273 g/mol. The normalized spacial score (nSPS) is 10.1. The van der Waals surface area contributed by atoms with E-state index in [1.165, 1.54) is 24.3 Å². The Bertz CT molecular complexity index is 685. The van der Waals surface area contributed by atoms with Crippen LogP contribution in [0.1, 0.15) is 16.2 Å². The molecule has 1 heterocycles. The molecule has 0 radical (unpaired) electrons. The van der Waals surface area contributed by atoms with E-state index in [0.29, 0.717) is 5.69 Å². The minimum Gasteiger partial charge on any atom is -0.505 e. The highest BCUT2D eigenvalue weighted by Gasteiger charge is 2.20. The van der Waals surface area contributed by atoms with Gasteiger partial charge in [-0.25, -0.2) is 4.98 Å². The zero-order valence-electron chi connectivity index (χ0n) is 10.5. The second-order valence-corrected chi connectivity index (χ2v) is 4.05. The van der Waals surface area contributed by atoms with Crippen LogP contribution in [-0.2, 0) is 0 Å². The van der Waals surface area contributed by atoms with Gasteiger partial charge in [0.1, 0.15) is 11.4 Å². The van der Waals surface area contributed by atoms with Crippen molar-refractivity contribution in [2.75, 3.05) is 5.32 Å². The topological polar surface area (TPSA) is 105 Å². The number of pyridine rings is 1. The molecular weight excluding hydrogens is 262 g/mol. The van der Waals surface area contributed by atoms with E-state index in [2.05, 4.69) is 10.3 Å². The number of carbonyl (C=O) groups is 1. The maximum Gasteiger partial charge on any atom is 0.296 e. The van der Waals surface area contributed by atoms with Crippen molar-refractivity contribution in [1.29, 1.82) is 0 Å². The van der Waals surface area contributed by atoms with Crippen LogP contribution in [0, 0.1) is 17.0 Å². The third-order valence-corrected chi connectivity index (χ3v) is 2.58. The van der Waals surface area contributed by atoms with Crippen LogP contribution in [0.3, 0.4) is 0 Å². The van der Waals surface area contributed by atoms with E-state index in [4.69, 9.17) is 0 Å². The van der Waals surface area contributed by atoms with Crippen LogP contribution in [0.15, 0.2) is 36.4 Å². The highest BCUT2D eigenvalue weighted by Crippen LogP contribution is 2.33. The van der Waals surface area contributed by atoms with Gasteiger partial charge in [0.2, 0.25) is 0 Å². The number of para-hydroxylation sites is 1. The van der Waals surface area contributed by atoms with Crippen molar-refractivity contribution < 1.29 is 14.8 Å². The smallest absolute Gasteiger partial charge is 0.296 e. The van der Waals surface area contributed by atoms with Crippen LogP contribution in [-0.4, -0.2) is 20.9 Å². The highest BCUT2D eigenvalue weighted by atomic mass is 16.6. The summed E-state index contributed by atoms with van der Waals surface area (Å²) in [5.41, 5.74) is 0.129. The van der Waals surface area contributed by atoms with Gasteiger partial charge in [0.25, 0.3) is 11.6 Å². The van der Waals surface area contributed by atoms with Gasteiger partial charge in [-0.3, -0.25) is 14.9 Å². The van der Waals surface area contributed by atoms with E-state index >= 15 is 0 Å². The van der Waals surface area contributed by atoms with Gasteiger partial charge in [0.05, 0.1) is 4.92 Å². The molecule has 0 aliphatic heterocycles. The number of rotatable bonds is 3. The van der Waals surface area contributed by atoms with E-state index in [1.54, 1.807) is 19.1 Å². The fourth-order valence-electron chi connectivity index (χ4n) is 1.66. The second-order valence-electron chi connectivity index (χ2n) is 4.05. The molecular formula is C13H11N3O4. The molecule has 7 heteroatoms. The van der Waals surface area contributed by atoms with Crippen molar-refractivity contribution in [1.82, 2.24) is 4.98 Å². The van der Waals surface area contributed by atoms with Crippen LogP contribution in [0.5, 0.6) is 5.75 Å². The molecule has 1 aromatic carbocycles. The zero-order chi connectivity index (χ0) is 14.7. The number of nitrogens with one attached hydrogen (secondary N) is 1. The molecule has 7 nitrogen and oxygen atoms in total. The first-order chi connectivity index (χ1) is 9.49. The Kier molecular flexibility index (Phi) is 3.60. The molecule has 0 unspecified atom stereocenters. The number of amides is 1. The molecule has 20 heavy (non-hydrogen) atoms. The quantitative estimate of drug-likeness (QED) is 0.507.